The number of hydrogen-bond acceptors (Lipinski definition) is 0. The smallest absolute Gasteiger partial charge is 0.0346 e. The van der Waals surface area contributed by atoms with E-state index in [1.54, 1.807) is 0 Å². The molecular weight excluding hydrogens is 252 g/mol. The molecule has 3 rings (SSSR count). The highest BCUT2D eigenvalue weighted by atomic mass is 14.2. The van der Waals surface area contributed by atoms with Crippen LogP contribution in [0.2, 0.25) is 0 Å². The summed E-state index contributed by atoms with van der Waals surface area (Å²) in [6, 6.07) is 33.2. The van der Waals surface area contributed by atoms with Gasteiger partial charge in [-0.1, -0.05) is 86.6 Å². The lowest BCUT2D eigenvalue weighted by Gasteiger charge is -2.18. The van der Waals surface area contributed by atoms with Crippen LogP contribution in [0.5, 0.6) is 0 Å². The van der Waals surface area contributed by atoms with Crippen molar-refractivity contribution in [3.05, 3.63) is 108 Å². The molecule has 0 amide bonds. The monoisotopic (exact) mass is 272 g/mol. The van der Waals surface area contributed by atoms with Crippen LogP contribution >= 0.6 is 0 Å². The van der Waals surface area contributed by atoms with E-state index in [-0.39, 0.29) is 5.92 Å². The van der Waals surface area contributed by atoms with E-state index in [0.29, 0.717) is 0 Å². The van der Waals surface area contributed by atoms with Crippen molar-refractivity contribution < 1.29 is 0 Å². The van der Waals surface area contributed by atoms with Gasteiger partial charge in [-0.15, -0.1) is 0 Å². The highest BCUT2D eigenvalue weighted by Crippen LogP contribution is 2.30. The molecule has 0 aliphatic carbocycles. The van der Waals surface area contributed by atoms with Crippen LogP contribution in [-0.2, 0) is 0 Å². The van der Waals surface area contributed by atoms with E-state index in [1.807, 2.05) is 26.0 Å². The Morgan fingerprint density at radius 1 is 0.619 bits per heavy atom. The second-order valence-corrected chi connectivity index (χ2v) is 4.52. The second-order valence-electron chi connectivity index (χ2n) is 4.52. The van der Waals surface area contributed by atoms with Gasteiger partial charge in [-0.05, 0) is 34.9 Å². The van der Waals surface area contributed by atoms with Crippen molar-refractivity contribution in [1.29, 1.82) is 0 Å². The van der Waals surface area contributed by atoms with Crippen molar-refractivity contribution in [2.75, 3.05) is 0 Å². The van der Waals surface area contributed by atoms with Crippen molar-refractivity contribution >= 4 is 0 Å². The van der Waals surface area contributed by atoms with Gasteiger partial charge in [0, 0.05) is 5.92 Å². The van der Waals surface area contributed by atoms with Gasteiger partial charge in [-0.25, -0.2) is 0 Å². The molecule has 0 saturated carbocycles. The summed E-state index contributed by atoms with van der Waals surface area (Å²) in [4.78, 5) is 0. The first-order valence-corrected chi connectivity index (χ1v) is 7.43. The highest BCUT2D eigenvalue weighted by molar-refractivity contribution is 5.42. The van der Waals surface area contributed by atoms with Crippen LogP contribution in [0.15, 0.2) is 78.9 Å². The number of rotatable bonds is 3. The molecule has 0 unspecified atom stereocenters. The van der Waals surface area contributed by atoms with Crippen molar-refractivity contribution in [1.82, 2.24) is 0 Å². The number of hydrogen-bond donors (Lipinski definition) is 0. The average molecular weight is 272 g/mol. The largest absolute Gasteiger partial charge is 0.0702 e. The molecule has 0 N–H and O–H groups in total. The molecular formula is C21H20. The van der Waals surface area contributed by atoms with Crippen LogP contribution in [0.3, 0.4) is 0 Å². The summed E-state index contributed by atoms with van der Waals surface area (Å²) >= 11 is 0. The fourth-order valence-electron chi connectivity index (χ4n) is 2.41. The van der Waals surface area contributed by atoms with Gasteiger partial charge in [0.15, 0.2) is 0 Å². The van der Waals surface area contributed by atoms with Gasteiger partial charge in [-0.3, -0.25) is 0 Å². The van der Waals surface area contributed by atoms with Crippen LogP contribution in [-0.4, -0.2) is 0 Å². The third-order valence-corrected chi connectivity index (χ3v) is 3.28. The third kappa shape index (κ3) is 3.74. The summed E-state index contributed by atoms with van der Waals surface area (Å²) in [5.74, 6) is 0.258. The minimum Gasteiger partial charge on any atom is -0.0702 e. The van der Waals surface area contributed by atoms with Crippen molar-refractivity contribution in [3.63, 3.8) is 0 Å². The van der Waals surface area contributed by atoms with Gasteiger partial charge < -0.3 is 0 Å². The molecule has 0 atom stereocenters. The summed E-state index contributed by atoms with van der Waals surface area (Å²) in [6.07, 6.45) is 0. The molecule has 0 heterocycles. The summed E-state index contributed by atoms with van der Waals surface area (Å²) in [7, 11) is 0. The van der Waals surface area contributed by atoms with E-state index >= 15 is 0 Å². The average Bonchev–Trinajstić information content (AvgIpc) is 2.60. The zero-order chi connectivity index (χ0) is 14.9. The quantitative estimate of drug-likeness (QED) is 0.591. The number of benzene rings is 2. The maximum Gasteiger partial charge on any atom is 0.0346 e. The third-order valence-electron chi connectivity index (χ3n) is 3.28. The van der Waals surface area contributed by atoms with Crippen molar-refractivity contribution in [2.45, 2.75) is 19.8 Å². The Bertz CT molecular complexity index is 518. The Labute approximate surface area is 128 Å². The van der Waals surface area contributed by atoms with E-state index in [1.165, 1.54) is 16.7 Å². The first-order chi connectivity index (χ1) is 10.4. The normalized spacial score (nSPS) is 9.48. The van der Waals surface area contributed by atoms with E-state index in [4.69, 9.17) is 0 Å². The molecule has 0 aliphatic heterocycles. The SMILES string of the molecule is CC.c1ccc(C(c2ccccc2)c2ccccc2)cc#1. The van der Waals surface area contributed by atoms with Crippen LogP contribution in [0, 0.1) is 12.1 Å². The minimum absolute atomic E-state index is 0.258. The van der Waals surface area contributed by atoms with Gasteiger partial charge in [0.1, 0.15) is 0 Å². The zero-order valence-electron chi connectivity index (χ0n) is 12.6. The predicted octanol–water partition coefficient (Wildman–Crippen LogP) is 5.49. The molecule has 0 spiro atoms. The van der Waals surface area contributed by atoms with E-state index in [2.05, 4.69) is 78.9 Å². The summed E-state index contributed by atoms with van der Waals surface area (Å²) < 4.78 is 0. The van der Waals surface area contributed by atoms with Gasteiger partial charge in [0.25, 0.3) is 0 Å². The molecule has 0 saturated heterocycles. The van der Waals surface area contributed by atoms with Gasteiger partial charge in [-0.2, -0.15) is 0 Å². The second kappa shape index (κ2) is 7.92. The van der Waals surface area contributed by atoms with E-state index < -0.39 is 0 Å². The Balaban J connectivity index is 0.000000774. The van der Waals surface area contributed by atoms with Crippen molar-refractivity contribution in [3.8, 4) is 0 Å². The van der Waals surface area contributed by atoms with Gasteiger partial charge in [0.05, 0.1) is 0 Å². The van der Waals surface area contributed by atoms with Crippen LogP contribution < -0.4 is 0 Å². The van der Waals surface area contributed by atoms with E-state index in [0.717, 1.165) is 0 Å². The molecule has 0 heteroatoms. The highest BCUT2D eigenvalue weighted by Gasteiger charge is 2.15. The van der Waals surface area contributed by atoms with Crippen molar-refractivity contribution in [2.24, 2.45) is 0 Å². The maximum absolute atomic E-state index is 3.06. The summed E-state index contributed by atoms with van der Waals surface area (Å²) in [6.45, 7) is 4.00. The summed E-state index contributed by atoms with van der Waals surface area (Å²) in [5, 5.41) is 0. The molecule has 3 aromatic rings. The molecule has 104 valence electrons. The van der Waals surface area contributed by atoms with Crippen LogP contribution in [0.1, 0.15) is 36.5 Å². The Morgan fingerprint density at radius 3 is 1.57 bits per heavy atom. The molecule has 0 nitrogen and oxygen atoms in total. The first kappa shape index (κ1) is 14.9. The van der Waals surface area contributed by atoms with E-state index in [9.17, 15) is 0 Å². The standard InChI is InChI=1S/C19H14.C2H6/c1-4-10-16(11-5-1)19(17-12-6-2-7-13-17)18-14-8-3-9-15-18;1-2/h1-2,4-8,10-15,19H;1-2H3. The molecule has 21 heavy (non-hydrogen) atoms. The van der Waals surface area contributed by atoms with Gasteiger partial charge in [0.2, 0.25) is 0 Å². The fraction of sp³-hybridized carbons (Fsp3) is 0.143. The van der Waals surface area contributed by atoms with Crippen LogP contribution in [0.4, 0.5) is 0 Å². The molecule has 3 aromatic carbocycles. The predicted molar refractivity (Wildman–Crippen MR) is 89.3 cm³/mol. The van der Waals surface area contributed by atoms with Crippen LogP contribution in [0.25, 0.3) is 0 Å². The molecule has 0 aliphatic rings. The van der Waals surface area contributed by atoms with Gasteiger partial charge >= 0.3 is 0 Å². The molecule has 0 radical (unpaired) electrons. The maximum atomic E-state index is 3.06. The molecule has 0 bridgehead atoms. The topological polar surface area (TPSA) is 0 Å². The lowest BCUT2D eigenvalue weighted by Crippen LogP contribution is -2.02. The zero-order valence-corrected chi connectivity index (χ0v) is 12.6. The minimum atomic E-state index is 0.258. The fourth-order valence-corrected chi connectivity index (χ4v) is 2.41. The Morgan fingerprint density at radius 2 is 1.14 bits per heavy atom. The summed E-state index contributed by atoms with van der Waals surface area (Å²) in [5.41, 5.74) is 3.85. The lowest BCUT2D eigenvalue weighted by atomic mass is 9.85. The lowest BCUT2D eigenvalue weighted by molar-refractivity contribution is 0.978. The Hall–Kier alpha value is -2.52. The first-order valence-electron chi connectivity index (χ1n) is 7.43. The Kier molecular flexibility index (Phi) is 5.61. The molecule has 0 fully saturated rings. The molecule has 0 aromatic heterocycles.